The molecule has 0 aliphatic heterocycles. The van der Waals surface area contributed by atoms with Crippen LogP contribution in [0.3, 0.4) is 0 Å². The van der Waals surface area contributed by atoms with Crippen molar-refractivity contribution in [2.45, 2.75) is 27.1 Å². The summed E-state index contributed by atoms with van der Waals surface area (Å²) in [6, 6.07) is 0. The number of hydrogen-bond donors (Lipinski definition) is 0. The van der Waals surface area contributed by atoms with Crippen LogP contribution in [0.15, 0.2) is 0 Å². The van der Waals surface area contributed by atoms with Crippen molar-refractivity contribution >= 4 is 34.2 Å². The van der Waals surface area contributed by atoms with Gasteiger partial charge in [0, 0.05) is 0 Å². The predicted molar refractivity (Wildman–Crippen MR) is 44.6 cm³/mol. The van der Waals surface area contributed by atoms with E-state index in [1.54, 1.807) is 0 Å². The number of hydrogen-bond acceptors (Lipinski definition) is 0. The van der Waals surface area contributed by atoms with Gasteiger partial charge in [0.2, 0.25) is 0 Å². The van der Waals surface area contributed by atoms with Crippen LogP contribution in [0.25, 0.3) is 0 Å². The summed E-state index contributed by atoms with van der Waals surface area (Å²) in [4.78, 5) is 0. The zero-order chi connectivity index (χ0) is 14.5. The van der Waals surface area contributed by atoms with Crippen LogP contribution in [0.2, 0.25) is 0 Å². The van der Waals surface area contributed by atoms with Gasteiger partial charge in [0.1, 0.15) is 0 Å². The largest absolute Gasteiger partial charge is 0.457 e. The highest BCUT2D eigenvalue weighted by molar-refractivity contribution is 14.1. The van der Waals surface area contributed by atoms with E-state index in [1.165, 1.54) is 0 Å². The van der Waals surface area contributed by atoms with E-state index >= 15 is 0 Å². The van der Waals surface area contributed by atoms with Gasteiger partial charge in [-0.2, -0.15) is 35.1 Å². The second-order valence-electron chi connectivity index (χ2n) is 2.72. The molecule has 17 heavy (non-hydrogen) atoms. The van der Waals surface area contributed by atoms with E-state index in [0.717, 1.165) is 0 Å². The van der Waals surface area contributed by atoms with Gasteiger partial charge in [-0.3, -0.25) is 0 Å². The molecule has 0 N–H and O–H groups in total. The fraction of sp³-hybridized carbons (Fsp3) is 1.00. The highest BCUT2D eigenvalue weighted by atomic mass is 127. The maximum atomic E-state index is 12.9. The molecule has 0 saturated carbocycles. The van der Waals surface area contributed by atoms with Crippen molar-refractivity contribution in [2.75, 3.05) is 0 Å². The summed E-state index contributed by atoms with van der Waals surface area (Å²) in [7, 11) is 0. The molecular formula is C5ClF10I. The predicted octanol–water partition coefficient (Wildman–Crippen LogP) is 4.75. The van der Waals surface area contributed by atoms with Gasteiger partial charge in [0.15, 0.2) is 0 Å². The van der Waals surface area contributed by atoms with Gasteiger partial charge in [-0.15, -0.1) is 0 Å². The van der Waals surface area contributed by atoms with Crippen LogP contribution in [-0.4, -0.2) is 27.1 Å². The van der Waals surface area contributed by atoms with Crippen LogP contribution in [-0.2, 0) is 0 Å². The van der Waals surface area contributed by atoms with Crippen molar-refractivity contribution in [2.24, 2.45) is 0 Å². The maximum Gasteiger partial charge on any atom is 0.457 e. The SMILES string of the molecule is FC(F)(F)C(F)(F)C(F)(I)C(F)(Cl)C(F)(F)F. The molecule has 12 heteroatoms. The van der Waals surface area contributed by atoms with Gasteiger partial charge < -0.3 is 0 Å². The molecule has 0 heterocycles. The van der Waals surface area contributed by atoms with E-state index in [-0.39, 0.29) is 0 Å². The summed E-state index contributed by atoms with van der Waals surface area (Å²) in [5, 5.41) is -5.90. The summed E-state index contributed by atoms with van der Waals surface area (Å²) < 4.78 is 115. The van der Waals surface area contributed by atoms with Crippen molar-refractivity contribution in [1.29, 1.82) is 0 Å². The summed E-state index contributed by atoms with van der Waals surface area (Å²) >= 11 is 3.19. The van der Waals surface area contributed by atoms with E-state index < -0.39 is 49.7 Å². The van der Waals surface area contributed by atoms with Gasteiger partial charge >= 0.3 is 23.4 Å². The Kier molecular flexibility index (Phi) is 4.25. The van der Waals surface area contributed by atoms with E-state index in [0.29, 0.717) is 0 Å². The van der Waals surface area contributed by atoms with E-state index in [4.69, 9.17) is 0 Å². The summed E-state index contributed by atoms with van der Waals surface area (Å²) in [6.45, 7) is 0. The lowest BCUT2D eigenvalue weighted by Crippen LogP contribution is -2.63. The molecule has 0 spiro atoms. The molecule has 0 amide bonds. The Bertz CT molecular complexity index is 260. The Hall–Kier alpha value is 0.320. The first-order chi connectivity index (χ1) is 7.00. The van der Waals surface area contributed by atoms with Gasteiger partial charge in [-0.1, -0.05) is 11.6 Å². The van der Waals surface area contributed by atoms with Crippen molar-refractivity contribution in [3.8, 4) is 0 Å². The Balaban J connectivity index is 5.73. The average molecular weight is 412 g/mol. The van der Waals surface area contributed by atoms with Crippen LogP contribution in [0.5, 0.6) is 0 Å². The Labute approximate surface area is 105 Å². The molecule has 0 rings (SSSR count). The molecule has 0 aromatic carbocycles. The normalized spacial score (nSPS) is 21.9. The third kappa shape index (κ3) is 2.54. The quantitative estimate of drug-likeness (QED) is 0.349. The molecule has 0 fully saturated rings. The minimum Gasteiger partial charge on any atom is -0.220 e. The molecule has 0 aromatic rings. The first kappa shape index (κ1) is 17.3. The fourth-order valence-electron chi connectivity index (χ4n) is 0.553. The minimum atomic E-state index is -6.74. The van der Waals surface area contributed by atoms with Gasteiger partial charge in [-0.25, -0.2) is 8.78 Å². The van der Waals surface area contributed by atoms with Crippen LogP contribution in [0.4, 0.5) is 43.9 Å². The average Bonchev–Trinajstić information content (AvgIpc) is 1.98. The van der Waals surface area contributed by atoms with Crippen LogP contribution in [0, 0.1) is 0 Å². The van der Waals surface area contributed by atoms with E-state index in [9.17, 15) is 43.9 Å². The number of rotatable bonds is 2. The molecule has 2 atom stereocenters. The first-order valence-electron chi connectivity index (χ1n) is 3.27. The molecule has 0 aliphatic rings. The molecule has 0 bridgehead atoms. The molecule has 2 unspecified atom stereocenters. The smallest absolute Gasteiger partial charge is 0.220 e. The van der Waals surface area contributed by atoms with Crippen LogP contribution in [0.1, 0.15) is 0 Å². The Morgan fingerprint density at radius 3 is 1.12 bits per heavy atom. The zero-order valence-corrected chi connectivity index (χ0v) is 9.95. The van der Waals surface area contributed by atoms with Crippen LogP contribution >= 0.6 is 34.2 Å². The molecule has 104 valence electrons. The van der Waals surface area contributed by atoms with Gasteiger partial charge in [-0.05, 0) is 22.6 Å². The zero-order valence-electron chi connectivity index (χ0n) is 7.04. The highest BCUT2D eigenvalue weighted by Gasteiger charge is 2.84. The highest BCUT2D eigenvalue weighted by Crippen LogP contribution is 2.60. The molecule has 0 aliphatic carbocycles. The molecule has 0 saturated heterocycles. The third-order valence-corrected chi connectivity index (χ3v) is 3.71. The molecular weight excluding hydrogens is 412 g/mol. The van der Waals surface area contributed by atoms with Crippen molar-refractivity contribution in [1.82, 2.24) is 0 Å². The standard InChI is InChI=1S/C5ClF10I/c6-1(7,4(11,12)13)3(10,17)2(8,9)5(14,15)16. The van der Waals surface area contributed by atoms with Gasteiger partial charge in [0.25, 0.3) is 3.68 Å². The molecule has 0 radical (unpaired) electrons. The second-order valence-corrected chi connectivity index (χ2v) is 4.73. The Morgan fingerprint density at radius 2 is 0.941 bits per heavy atom. The lowest BCUT2D eigenvalue weighted by molar-refractivity contribution is -0.336. The van der Waals surface area contributed by atoms with E-state index in [2.05, 4.69) is 11.6 Å². The fourth-order valence-corrected chi connectivity index (χ4v) is 1.28. The lowest BCUT2D eigenvalue weighted by atomic mass is 10.1. The van der Waals surface area contributed by atoms with E-state index in [1.807, 2.05) is 0 Å². The minimum absolute atomic E-state index is 0.652. The maximum absolute atomic E-state index is 12.9. The Morgan fingerprint density at radius 1 is 0.647 bits per heavy atom. The second kappa shape index (κ2) is 4.17. The van der Waals surface area contributed by atoms with Gasteiger partial charge in [0.05, 0.1) is 0 Å². The van der Waals surface area contributed by atoms with Crippen LogP contribution < -0.4 is 0 Å². The van der Waals surface area contributed by atoms with Crippen molar-refractivity contribution in [3.63, 3.8) is 0 Å². The molecule has 0 aromatic heterocycles. The third-order valence-electron chi connectivity index (χ3n) is 1.50. The topological polar surface area (TPSA) is 0 Å². The summed E-state index contributed by atoms with van der Waals surface area (Å²) in [5.41, 5.74) is 0. The van der Waals surface area contributed by atoms with Crippen molar-refractivity contribution < 1.29 is 43.9 Å². The van der Waals surface area contributed by atoms with Crippen molar-refractivity contribution in [3.05, 3.63) is 0 Å². The number of halogens is 12. The summed E-state index contributed by atoms with van der Waals surface area (Å²) in [6.07, 6.45) is -13.2. The molecule has 0 nitrogen and oxygen atoms in total. The monoisotopic (exact) mass is 412 g/mol. The number of alkyl halides is 12. The lowest BCUT2D eigenvalue weighted by Gasteiger charge is -2.37. The summed E-state index contributed by atoms with van der Waals surface area (Å²) in [5.74, 6) is -6.63. The first-order valence-corrected chi connectivity index (χ1v) is 4.72.